The van der Waals surface area contributed by atoms with Gasteiger partial charge in [0.15, 0.2) is 5.82 Å². The van der Waals surface area contributed by atoms with E-state index >= 15 is 4.39 Å². The molecular weight excluding hydrogens is 529 g/mol. The van der Waals surface area contributed by atoms with E-state index in [2.05, 4.69) is 66.0 Å². The minimum absolute atomic E-state index is 0.305. The summed E-state index contributed by atoms with van der Waals surface area (Å²) in [6, 6.07) is 43.5. The van der Waals surface area contributed by atoms with Gasteiger partial charge in [-0.15, -0.1) is 0 Å². The third kappa shape index (κ3) is 5.01. The van der Waals surface area contributed by atoms with Crippen molar-refractivity contribution in [2.75, 3.05) is 5.32 Å². The first-order valence-corrected chi connectivity index (χ1v) is 15.4. The van der Waals surface area contributed by atoms with Crippen molar-refractivity contribution in [2.45, 2.75) is 50.1 Å². The average molecular weight is 566 g/mol. The number of nitrogens with zero attached hydrogens (tertiary/aromatic N) is 2. The largest absolute Gasteiger partial charge is 0.379 e. The van der Waals surface area contributed by atoms with Crippen LogP contribution in [0.4, 0.5) is 10.1 Å². The molecule has 0 atom stereocenters. The number of nitrogens with one attached hydrogen (secondary N) is 1. The van der Waals surface area contributed by atoms with E-state index in [-0.39, 0.29) is 5.82 Å². The van der Waals surface area contributed by atoms with Crippen LogP contribution in [-0.4, -0.2) is 9.78 Å². The third-order valence-corrected chi connectivity index (χ3v) is 9.10. The smallest absolute Gasteiger partial charge is 0.172 e. The fourth-order valence-electron chi connectivity index (χ4n) is 6.91. The van der Waals surface area contributed by atoms with Crippen LogP contribution in [0.2, 0.25) is 0 Å². The van der Waals surface area contributed by atoms with Crippen LogP contribution in [0.3, 0.4) is 0 Å². The Morgan fingerprint density at radius 1 is 0.674 bits per heavy atom. The molecule has 1 heterocycles. The second-order valence-corrected chi connectivity index (χ2v) is 11.7. The molecule has 1 fully saturated rings. The molecular formula is C39H36FN3. The predicted octanol–water partition coefficient (Wildman–Crippen LogP) is 9.68. The highest BCUT2D eigenvalue weighted by Crippen LogP contribution is 2.43. The number of rotatable bonds is 8. The molecule has 1 N–H and O–H groups in total. The maximum absolute atomic E-state index is 16.7. The van der Waals surface area contributed by atoms with Crippen molar-refractivity contribution in [3.63, 3.8) is 0 Å². The molecule has 1 saturated carbocycles. The van der Waals surface area contributed by atoms with Crippen LogP contribution >= 0.6 is 0 Å². The molecule has 0 unspecified atom stereocenters. The fraction of sp³-hybridized carbons (Fsp3) is 0.205. The van der Waals surface area contributed by atoms with Crippen molar-refractivity contribution >= 4 is 16.6 Å². The lowest BCUT2D eigenvalue weighted by molar-refractivity contribution is 0.443. The molecule has 1 aliphatic rings. The van der Waals surface area contributed by atoms with Gasteiger partial charge in [-0.25, -0.2) is 9.07 Å². The van der Waals surface area contributed by atoms with E-state index in [0.29, 0.717) is 23.7 Å². The zero-order chi connectivity index (χ0) is 29.1. The molecule has 6 aromatic rings. The fourth-order valence-corrected chi connectivity index (χ4v) is 6.91. The van der Waals surface area contributed by atoms with Gasteiger partial charge in [-0.1, -0.05) is 135 Å². The predicted molar refractivity (Wildman–Crippen MR) is 174 cm³/mol. The summed E-state index contributed by atoms with van der Waals surface area (Å²) in [7, 11) is 0. The molecule has 3 nitrogen and oxygen atoms in total. The van der Waals surface area contributed by atoms with Crippen LogP contribution in [0, 0.1) is 5.82 Å². The van der Waals surface area contributed by atoms with Gasteiger partial charge in [-0.2, -0.15) is 5.10 Å². The minimum atomic E-state index is -0.889. The highest BCUT2D eigenvalue weighted by molar-refractivity contribution is 5.84. The Morgan fingerprint density at radius 2 is 1.23 bits per heavy atom. The Labute approximate surface area is 253 Å². The summed E-state index contributed by atoms with van der Waals surface area (Å²) >= 11 is 0. The number of fused-ring (bicyclic) bond motifs is 1. The molecule has 214 valence electrons. The first-order chi connectivity index (χ1) is 21.2. The Bertz CT molecular complexity index is 1690. The third-order valence-electron chi connectivity index (χ3n) is 9.10. The molecule has 43 heavy (non-hydrogen) atoms. The molecule has 1 aliphatic carbocycles. The zero-order valence-corrected chi connectivity index (χ0v) is 24.3. The van der Waals surface area contributed by atoms with Crippen molar-refractivity contribution in [2.24, 2.45) is 0 Å². The van der Waals surface area contributed by atoms with E-state index in [4.69, 9.17) is 5.10 Å². The Hall–Kier alpha value is -4.70. The molecule has 5 aromatic carbocycles. The first-order valence-electron chi connectivity index (χ1n) is 15.4. The van der Waals surface area contributed by atoms with E-state index in [0.717, 1.165) is 27.6 Å². The normalized spacial score (nSPS) is 14.2. The van der Waals surface area contributed by atoms with E-state index < -0.39 is 5.54 Å². The van der Waals surface area contributed by atoms with Crippen LogP contribution < -0.4 is 5.32 Å². The van der Waals surface area contributed by atoms with Gasteiger partial charge in [0.25, 0.3) is 0 Å². The number of hydrogen-bond donors (Lipinski definition) is 1. The molecule has 0 amide bonds. The molecule has 0 radical (unpaired) electrons. The van der Waals surface area contributed by atoms with Gasteiger partial charge in [-0.3, -0.25) is 0 Å². The molecule has 0 spiro atoms. The minimum Gasteiger partial charge on any atom is -0.379 e. The monoisotopic (exact) mass is 565 g/mol. The summed E-state index contributed by atoms with van der Waals surface area (Å²) in [5.41, 5.74) is 5.64. The molecule has 0 bridgehead atoms. The van der Waals surface area contributed by atoms with Gasteiger partial charge >= 0.3 is 0 Å². The Balaban J connectivity index is 1.31. The Morgan fingerprint density at radius 3 is 1.79 bits per heavy atom. The zero-order valence-electron chi connectivity index (χ0n) is 24.3. The van der Waals surface area contributed by atoms with Gasteiger partial charge in [0.2, 0.25) is 0 Å². The van der Waals surface area contributed by atoms with E-state index in [1.807, 2.05) is 71.4 Å². The van der Waals surface area contributed by atoms with E-state index in [1.54, 1.807) is 6.20 Å². The summed E-state index contributed by atoms with van der Waals surface area (Å²) in [5.74, 6) is 0.371. The highest BCUT2D eigenvalue weighted by atomic mass is 19.1. The second-order valence-electron chi connectivity index (χ2n) is 11.7. The molecule has 0 saturated heterocycles. The standard InChI is InChI=1S/C39H36FN3/c40-37-36(41-27-29-21-23-31(24-22-29)30-13-5-1-6-14-30)26-25-32-28-42-43(38(32)37)39(33-15-7-2-8-16-33,34-17-9-3-10-18-34)35-19-11-4-12-20-35/h2-4,7-12,15-26,28,30,41H,1,5-6,13-14,27H2. The number of benzene rings is 5. The van der Waals surface area contributed by atoms with Gasteiger partial charge in [0, 0.05) is 11.9 Å². The molecule has 1 aromatic heterocycles. The van der Waals surface area contributed by atoms with Crippen LogP contribution in [0.15, 0.2) is 134 Å². The highest BCUT2D eigenvalue weighted by Gasteiger charge is 2.41. The average Bonchev–Trinajstić information content (AvgIpc) is 3.52. The molecule has 4 heteroatoms. The lowest BCUT2D eigenvalue weighted by atomic mass is 9.77. The van der Waals surface area contributed by atoms with Crippen LogP contribution in [-0.2, 0) is 12.1 Å². The summed E-state index contributed by atoms with van der Waals surface area (Å²) < 4.78 is 18.6. The van der Waals surface area contributed by atoms with Crippen LogP contribution in [0.1, 0.15) is 65.8 Å². The van der Waals surface area contributed by atoms with E-state index in [1.165, 1.54) is 37.7 Å². The van der Waals surface area contributed by atoms with E-state index in [9.17, 15) is 0 Å². The summed E-state index contributed by atoms with van der Waals surface area (Å²) in [6.07, 6.45) is 8.35. The number of aromatic nitrogens is 2. The number of anilines is 1. The molecule has 0 aliphatic heterocycles. The van der Waals surface area contributed by atoms with Crippen molar-refractivity contribution in [3.8, 4) is 0 Å². The summed E-state index contributed by atoms with van der Waals surface area (Å²) in [5, 5.41) is 9.07. The van der Waals surface area contributed by atoms with Crippen molar-refractivity contribution in [1.82, 2.24) is 9.78 Å². The van der Waals surface area contributed by atoms with Crippen molar-refractivity contribution < 1.29 is 4.39 Å². The first kappa shape index (κ1) is 27.2. The van der Waals surface area contributed by atoms with Gasteiger partial charge in [-0.05, 0) is 58.7 Å². The topological polar surface area (TPSA) is 29.9 Å². The van der Waals surface area contributed by atoms with Crippen LogP contribution in [0.5, 0.6) is 0 Å². The van der Waals surface area contributed by atoms with Gasteiger partial charge in [0.05, 0.1) is 11.9 Å². The SMILES string of the molecule is Fc1c(NCc2ccc(C3CCCCC3)cc2)ccc2cnn(C(c3ccccc3)(c3ccccc3)c3ccccc3)c12. The summed E-state index contributed by atoms with van der Waals surface area (Å²) in [4.78, 5) is 0. The number of halogens is 1. The lowest BCUT2D eigenvalue weighted by Crippen LogP contribution is -2.38. The second kappa shape index (κ2) is 11.9. The Kier molecular flexibility index (Phi) is 7.51. The van der Waals surface area contributed by atoms with Crippen LogP contribution in [0.25, 0.3) is 10.9 Å². The maximum atomic E-state index is 16.7. The lowest BCUT2D eigenvalue weighted by Gasteiger charge is -2.37. The summed E-state index contributed by atoms with van der Waals surface area (Å²) in [6.45, 7) is 0.544. The van der Waals surface area contributed by atoms with Crippen molar-refractivity contribution in [3.05, 3.63) is 167 Å². The maximum Gasteiger partial charge on any atom is 0.172 e. The van der Waals surface area contributed by atoms with Gasteiger partial charge < -0.3 is 5.32 Å². The van der Waals surface area contributed by atoms with Crippen molar-refractivity contribution in [1.29, 1.82) is 0 Å². The number of hydrogen-bond acceptors (Lipinski definition) is 2. The quantitative estimate of drug-likeness (QED) is 0.186. The van der Waals surface area contributed by atoms with Gasteiger partial charge in [0.1, 0.15) is 11.1 Å². The molecule has 7 rings (SSSR count).